The zero-order chi connectivity index (χ0) is 22.2. The quantitative estimate of drug-likeness (QED) is 0.316. The molecule has 2 atom stereocenters. The summed E-state index contributed by atoms with van der Waals surface area (Å²) in [6, 6.07) is 39.0. The van der Waals surface area contributed by atoms with Crippen molar-refractivity contribution >= 4 is 0 Å². The first-order valence-electron chi connectivity index (χ1n) is 11.4. The first-order chi connectivity index (χ1) is 15.7. The lowest BCUT2D eigenvalue weighted by Gasteiger charge is -2.31. The summed E-state index contributed by atoms with van der Waals surface area (Å²) >= 11 is 0. The molecule has 0 heterocycles. The summed E-state index contributed by atoms with van der Waals surface area (Å²) < 4.78 is 0. The summed E-state index contributed by atoms with van der Waals surface area (Å²) in [5.41, 5.74) is 7.87. The Balaban J connectivity index is 1.65. The molecule has 4 aromatic carbocycles. The van der Waals surface area contributed by atoms with E-state index in [1.807, 2.05) is 0 Å². The Hall–Kier alpha value is -3.20. The molecule has 162 valence electrons. The molecule has 2 heteroatoms. The van der Waals surface area contributed by atoms with Gasteiger partial charge < -0.3 is 10.6 Å². The minimum atomic E-state index is 0.127. The van der Waals surface area contributed by atoms with Crippen LogP contribution in [0.5, 0.6) is 0 Å². The molecule has 0 saturated heterocycles. The van der Waals surface area contributed by atoms with Gasteiger partial charge in [-0.25, -0.2) is 0 Å². The molecule has 4 rings (SSSR count). The van der Waals surface area contributed by atoms with Crippen molar-refractivity contribution in [2.45, 2.75) is 39.0 Å². The lowest BCUT2D eigenvalue weighted by atomic mass is 9.92. The molecule has 0 aromatic heterocycles. The normalized spacial score (nSPS) is 12.9. The van der Waals surface area contributed by atoms with Crippen molar-refractivity contribution in [2.24, 2.45) is 0 Å². The summed E-state index contributed by atoms with van der Waals surface area (Å²) in [6.45, 7) is 6.00. The summed E-state index contributed by atoms with van der Waals surface area (Å²) in [6.07, 6.45) is 0. The van der Waals surface area contributed by atoms with E-state index in [0.717, 1.165) is 13.1 Å². The highest BCUT2D eigenvalue weighted by Gasteiger charge is 2.24. The molecule has 0 amide bonds. The molecular weight excluding hydrogens is 388 g/mol. The molecule has 0 saturated carbocycles. The van der Waals surface area contributed by atoms with Crippen LogP contribution >= 0.6 is 0 Å². The van der Waals surface area contributed by atoms with E-state index in [1.54, 1.807) is 0 Å². The van der Waals surface area contributed by atoms with Crippen molar-refractivity contribution < 1.29 is 0 Å². The van der Waals surface area contributed by atoms with Gasteiger partial charge in [0.05, 0.1) is 12.1 Å². The Kier molecular flexibility index (Phi) is 7.50. The molecule has 2 N–H and O–H groups in total. The number of hydrogen-bond donors (Lipinski definition) is 2. The smallest absolute Gasteiger partial charge is 0.0521 e. The maximum atomic E-state index is 3.88. The second-order valence-corrected chi connectivity index (χ2v) is 8.39. The monoisotopic (exact) mass is 420 g/mol. The fraction of sp³-hybridized carbons (Fsp3) is 0.200. The van der Waals surface area contributed by atoms with Crippen LogP contribution in [0.1, 0.15) is 45.5 Å². The topological polar surface area (TPSA) is 24.1 Å². The summed E-state index contributed by atoms with van der Waals surface area (Å²) in [4.78, 5) is 0. The van der Waals surface area contributed by atoms with Crippen molar-refractivity contribution in [1.82, 2.24) is 10.6 Å². The first kappa shape index (κ1) is 22.0. The van der Waals surface area contributed by atoms with Crippen molar-refractivity contribution in [1.29, 1.82) is 0 Å². The maximum Gasteiger partial charge on any atom is 0.0521 e. The zero-order valence-electron chi connectivity index (χ0n) is 19.0. The molecule has 0 unspecified atom stereocenters. The van der Waals surface area contributed by atoms with Crippen LogP contribution in [0.4, 0.5) is 0 Å². The standard InChI is InChI=1S/C30H32N2/c1-23-13-9-11-19-27(23)21-31-29(25-15-5-3-6-16-25)30(26-17-7-4-8-18-26)32-22-28-20-12-10-14-24(28)2/h3-20,29-32H,21-22H2,1-2H3/t29-,30-/m0/s1. The van der Waals surface area contributed by atoms with Gasteiger partial charge in [-0.3, -0.25) is 0 Å². The third-order valence-electron chi connectivity index (χ3n) is 6.20. The van der Waals surface area contributed by atoms with Gasteiger partial charge in [-0.1, -0.05) is 109 Å². The highest BCUT2D eigenvalue weighted by molar-refractivity contribution is 5.31. The largest absolute Gasteiger partial charge is 0.304 e. The van der Waals surface area contributed by atoms with Crippen molar-refractivity contribution in [3.63, 3.8) is 0 Å². The van der Waals surface area contributed by atoms with Gasteiger partial charge in [-0.2, -0.15) is 0 Å². The SMILES string of the molecule is Cc1ccccc1CN[C@@H](c1ccccc1)[C@@H](NCc1ccccc1C)c1ccccc1. The Labute approximate surface area is 192 Å². The van der Waals surface area contributed by atoms with E-state index in [1.165, 1.54) is 33.4 Å². The minimum Gasteiger partial charge on any atom is -0.304 e. The van der Waals surface area contributed by atoms with Crippen LogP contribution in [0.3, 0.4) is 0 Å². The van der Waals surface area contributed by atoms with E-state index >= 15 is 0 Å². The van der Waals surface area contributed by atoms with Crippen LogP contribution in [0.25, 0.3) is 0 Å². The number of hydrogen-bond acceptors (Lipinski definition) is 2. The lowest BCUT2D eigenvalue weighted by molar-refractivity contribution is 0.380. The Morgan fingerprint density at radius 2 is 0.812 bits per heavy atom. The number of benzene rings is 4. The molecule has 4 aromatic rings. The van der Waals surface area contributed by atoms with Crippen LogP contribution < -0.4 is 10.6 Å². The number of nitrogens with one attached hydrogen (secondary N) is 2. The number of aryl methyl sites for hydroxylation is 2. The zero-order valence-corrected chi connectivity index (χ0v) is 19.0. The predicted octanol–water partition coefficient (Wildman–Crippen LogP) is 6.67. The van der Waals surface area contributed by atoms with Crippen molar-refractivity contribution in [3.8, 4) is 0 Å². The van der Waals surface area contributed by atoms with Gasteiger partial charge in [-0.05, 0) is 47.2 Å². The van der Waals surface area contributed by atoms with Gasteiger partial charge in [0.15, 0.2) is 0 Å². The van der Waals surface area contributed by atoms with Gasteiger partial charge >= 0.3 is 0 Å². The lowest BCUT2D eigenvalue weighted by Crippen LogP contribution is -2.35. The van der Waals surface area contributed by atoms with Crippen molar-refractivity contribution in [3.05, 3.63) is 143 Å². The van der Waals surface area contributed by atoms with Crippen LogP contribution in [0.2, 0.25) is 0 Å². The first-order valence-corrected chi connectivity index (χ1v) is 11.4. The average molecular weight is 421 g/mol. The fourth-order valence-electron chi connectivity index (χ4n) is 4.23. The molecule has 0 aliphatic carbocycles. The van der Waals surface area contributed by atoms with Crippen LogP contribution in [0, 0.1) is 13.8 Å². The molecule has 0 radical (unpaired) electrons. The Morgan fingerprint density at radius 1 is 0.469 bits per heavy atom. The van der Waals surface area contributed by atoms with Crippen LogP contribution in [0.15, 0.2) is 109 Å². The summed E-state index contributed by atoms with van der Waals surface area (Å²) in [5.74, 6) is 0. The molecule has 32 heavy (non-hydrogen) atoms. The van der Waals surface area contributed by atoms with Gasteiger partial charge in [0.25, 0.3) is 0 Å². The maximum absolute atomic E-state index is 3.88. The highest BCUT2D eigenvalue weighted by Crippen LogP contribution is 2.30. The van der Waals surface area contributed by atoms with E-state index in [-0.39, 0.29) is 12.1 Å². The van der Waals surface area contributed by atoms with E-state index < -0.39 is 0 Å². The molecule has 2 nitrogen and oxygen atoms in total. The summed E-state index contributed by atoms with van der Waals surface area (Å²) in [5, 5.41) is 7.76. The Bertz CT molecular complexity index is 1010. The fourth-order valence-corrected chi connectivity index (χ4v) is 4.23. The number of rotatable bonds is 9. The second kappa shape index (κ2) is 10.9. The predicted molar refractivity (Wildman–Crippen MR) is 134 cm³/mol. The van der Waals surface area contributed by atoms with E-state index in [9.17, 15) is 0 Å². The minimum absolute atomic E-state index is 0.127. The van der Waals surface area contributed by atoms with Crippen LogP contribution in [-0.2, 0) is 13.1 Å². The Morgan fingerprint density at radius 3 is 1.19 bits per heavy atom. The third kappa shape index (κ3) is 5.53. The van der Waals surface area contributed by atoms with Crippen LogP contribution in [-0.4, -0.2) is 0 Å². The van der Waals surface area contributed by atoms with Crippen molar-refractivity contribution in [2.75, 3.05) is 0 Å². The highest BCUT2D eigenvalue weighted by atomic mass is 15.0. The third-order valence-corrected chi connectivity index (χ3v) is 6.20. The molecule has 0 bridgehead atoms. The van der Waals surface area contributed by atoms with Gasteiger partial charge in [0, 0.05) is 13.1 Å². The molecular formula is C30H32N2. The molecule has 0 fully saturated rings. The van der Waals surface area contributed by atoms with Gasteiger partial charge in [0.2, 0.25) is 0 Å². The molecule has 0 spiro atoms. The molecule has 0 aliphatic heterocycles. The summed E-state index contributed by atoms with van der Waals surface area (Å²) in [7, 11) is 0. The van der Waals surface area contributed by atoms with Gasteiger partial charge in [0.1, 0.15) is 0 Å². The van der Waals surface area contributed by atoms with E-state index in [4.69, 9.17) is 0 Å². The van der Waals surface area contributed by atoms with Gasteiger partial charge in [-0.15, -0.1) is 0 Å². The van der Waals surface area contributed by atoms with E-state index in [2.05, 4.69) is 134 Å². The van der Waals surface area contributed by atoms with E-state index in [0.29, 0.717) is 0 Å². The molecule has 0 aliphatic rings. The second-order valence-electron chi connectivity index (χ2n) is 8.39. The average Bonchev–Trinajstić information content (AvgIpc) is 2.84.